The topological polar surface area (TPSA) is 63.6 Å². The van der Waals surface area contributed by atoms with Gasteiger partial charge in [0.05, 0.1) is 6.61 Å². The van der Waals surface area contributed by atoms with E-state index in [2.05, 4.69) is 12.1 Å². The van der Waals surface area contributed by atoms with E-state index in [1.165, 1.54) is 5.56 Å². The summed E-state index contributed by atoms with van der Waals surface area (Å²) in [6, 6.07) is 10.3. The first-order valence-corrected chi connectivity index (χ1v) is 7.58. The van der Waals surface area contributed by atoms with Crippen LogP contribution in [-0.2, 0) is 20.7 Å². The number of carbonyl (C=O) groups is 2. The molecule has 0 aliphatic carbocycles. The molecule has 0 saturated heterocycles. The molecule has 1 N–H and O–H groups in total. The number of ether oxygens (including phenoxy) is 1. The van der Waals surface area contributed by atoms with E-state index in [-0.39, 0.29) is 6.61 Å². The van der Waals surface area contributed by atoms with Gasteiger partial charge in [-0.05, 0) is 31.7 Å². The molecule has 0 saturated carbocycles. The molecule has 1 unspecified atom stereocenters. The van der Waals surface area contributed by atoms with Crippen LogP contribution in [0.4, 0.5) is 0 Å². The Bertz CT molecular complexity index is 428. The Labute approximate surface area is 126 Å². The van der Waals surface area contributed by atoms with Crippen LogP contribution in [0, 0.1) is 5.92 Å². The quantitative estimate of drug-likeness (QED) is 0.407. The zero-order valence-corrected chi connectivity index (χ0v) is 12.6. The van der Waals surface area contributed by atoms with Crippen LogP contribution in [0.2, 0.25) is 0 Å². The summed E-state index contributed by atoms with van der Waals surface area (Å²) in [5, 5.41) is 9.02. The molecule has 0 aliphatic heterocycles. The first-order chi connectivity index (χ1) is 10.1. The van der Waals surface area contributed by atoms with Gasteiger partial charge in [0.2, 0.25) is 0 Å². The first kappa shape index (κ1) is 17.2. The number of carboxylic acids is 1. The third-order valence-corrected chi connectivity index (χ3v) is 3.42. The first-order valence-electron chi connectivity index (χ1n) is 7.58. The Kier molecular flexibility index (Phi) is 8.17. The second-order valence-electron chi connectivity index (χ2n) is 5.08. The van der Waals surface area contributed by atoms with Crippen molar-refractivity contribution < 1.29 is 19.4 Å². The number of rotatable bonds is 10. The van der Waals surface area contributed by atoms with Crippen molar-refractivity contribution in [1.29, 1.82) is 0 Å². The molecule has 1 aromatic rings. The Hall–Kier alpha value is -1.84. The molecule has 1 atom stereocenters. The second-order valence-corrected chi connectivity index (χ2v) is 5.08. The molecule has 0 spiro atoms. The summed E-state index contributed by atoms with van der Waals surface area (Å²) in [5.74, 6) is -2.72. The molecular formula is C17H24O4. The van der Waals surface area contributed by atoms with Crippen molar-refractivity contribution in [2.75, 3.05) is 6.61 Å². The van der Waals surface area contributed by atoms with E-state index in [0.29, 0.717) is 6.42 Å². The van der Waals surface area contributed by atoms with Gasteiger partial charge in [0.1, 0.15) is 0 Å². The Morgan fingerprint density at radius 3 is 2.38 bits per heavy atom. The number of esters is 1. The Morgan fingerprint density at radius 2 is 1.76 bits per heavy atom. The van der Waals surface area contributed by atoms with Crippen LogP contribution < -0.4 is 0 Å². The molecule has 0 aromatic heterocycles. The predicted octanol–water partition coefficient (Wildman–Crippen LogP) is 3.44. The maximum Gasteiger partial charge on any atom is 0.320 e. The minimum atomic E-state index is -1.09. The molecule has 0 aliphatic rings. The fraction of sp³-hybridized carbons (Fsp3) is 0.529. The van der Waals surface area contributed by atoms with Crippen LogP contribution >= 0.6 is 0 Å². The van der Waals surface area contributed by atoms with E-state index in [4.69, 9.17) is 9.84 Å². The molecule has 0 amide bonds. The molecular weight excluding hydrogens is 268 g/mol. The smallest absolute Gasteiger partial charge is 0.320 e. The molecule has 0 heterocycles. The number of aliphatic carboxylic acids is 1. The molecule has 0 radical (unpaired) electrons. The van der Waals surface area contributed by atoms with Gasteiger partial charge in [0.25, 0.3) is 0 Å². The van der Waals surface area contributed by atoms with E-state index in [1.807, 2.05) is 18.2 Å². The maximum absolute atomic E-state index is 11.5. The summed E-state index contributed by atoms with van der Waals surface area (Å²) in [4.78, 5) is 22.5. The minimum absolute atomic E-state index is 0.222. The number of unbranched alkanes of at least 4 members (excludes halogenated alkanes) is 3. The monoisotopic (exact) mass is 292 g/mol. The highest BCUT2D eigenvalue weighted by Crippen LogP contribution is 2.14. The van der Waals surface area contributed by atoms with Crippen molar-refractivity contribution in [2.45, 2.75) is 45.4 Å². The van der Waals surface area contributed by atoms with Crippen molar-refractivity contribution in [1.82, 2.24) is 0 Å². The van der Waals surface area contributed by atoms with Gasteiger partial charge < -0.3 is 9.84 Å². The molecule has 1 aromatic carbocycles. The molecule has 116 valence electrons. The van der Waals surface area contributed by atoms with Crippen LogP contribution in [-0.4, -0.2) is 23.7 Å². The van der Waals surface area contributed by atoms with Crippen LogP contribution in [0.15, 0.2) is 30.3 Å². The van der Waals surface area contributed by atoms with Crippen LogP contribution in [0.1, 0.15) is 44.6 Å². The van der Waals surface area contributed by atoms with Crippen molar-refractivity contribution in [3.63, 3.8) is 0 Å². The van der Waals surface area contributed by atoms with Gasteiger partial charge in [-0.25, -0.2) is 0 Å². The lowest BCUT2D eigenvalue weighted by Gasteiger charge is -2.10. The lowest BCUT2D eigenvalue weighted by atomic mass is 10.00. The molecule has 4 nitrogen and oxygen atoms in total. The SMILES string of the molecule is CCOC(=O)C(CCCCCCc1ccccc1)C(=O)O. The average Bonchev–Trinajstić information content (AvgIpc) is 2.47. The number of hydrogen-bond acceptors (Lipinski definition) is 3. The van der Waals surface area contributed by atoms with E-state index in [0.717, 1.165) is 32.1 Å². The Morgan fingerprint density at radius 1 is 1.10 bits per heavy atom. The molecule has 0 bridgehead atoms. The lowest BCUT2D eigenvalue weighted by molar-refractivity contribution is -0.158. The van der Waals surface area contributed by atoms with Crippen molar-refractivity contribution in [3.05, 3.63) is 35.9 Å². The van der Waals surface area contributed by atoms with Crippen LogP contribution in [0.25, 0.3) is 0 Å². The minimum Gasteiger partial charge on any atom is -0.481 e. The van der Waals surface area contributed by atoms with E-state index in [1.54, 1.807) is 6.92 Å². The van der Waals surface area contributed by atoms with Crippen molar-refractivity contribution >= 4 is 11.9 Å². The molecule has 1 rings (SSSR count). The summed E-state index contributed by atoms with van der Waals surface area (Å²) in [7, 11) is 0. The summed E-state index contributed by atoms with van der Waals surface area (Å²) < 4.78 is 4.78. The highest BCUT2D eigenvalue weighted by atomic mass is 16.5. The zero-order chi connectivity index (χ0) is 15.5. The lowest BCUT2D eigenvalue weighted by Crippen LogP contribution is -2.25. The zero-order valence-electron chi connectivity index (χ0n) is 12.6. The summed E-state index contributed by atoms with van der Waals surface area (Å²) in [5.41, 5.74) is 1.33. The van der Waals surface area contributed by atoms with Gasteiger partial charge >= 0.3 is 11.9 Å². The predicted molar refractivity (Wildman–Crippen MR) is 81.0 cm³/mol. The number of carbonyl (C=O) groups excluding carboxylic acids is 1. The number of benzene rings is 1. The van der Waals surface area contributed by atoms with Gasteiger partial charge in [0, 0.05) is 0 Å². The van der Waals surface area contributed by atoms with Gasteiger partial charge in [0.15, 0.2) is 5.92 Å². The highest BCUT2D eigenvalue weighted by Gasteiger charge is 2.26. The number of carboxylic acid groups (broad SMARTS) is 1. The van der Waals surface area contributed by atoms with Gasteiger partial charge in [-0.3, -0.25) is 9.59 Å². The highest BCUT2D eigenvalue weighted by molar-refractivity contribution is 5.93. The average molecular weight is 292 g/mol. The van der Waals surface area contributed by atoms with Gasteiger partial charge in [-0.2, -0.15) is 0 Å². The summed E-state index contributed by atoms with van der Waals surface area (Å²) >= 11 is 0. The van der Waals surface area contributed by atoms with E-state index < -0.39 is 17.9 Å². The van der Waals surface area contributed by atoms with Gasteiger partial charge in [-0.15, -0.1) is 0 Å². The van der Waals surface area contributed by atoms with Crippen LogP contribution in [0.3, 0.4) is 0 Å². The fourth-order valence-corrected chi connectivity index (χ4v) is 2.26. The third-order valence-electron chi connectivity index (χ3n) is 3.42. The second kappa shape index (κ2) is 9.97. The normalized spacial score (nSPS) is 11.9. The van der Waals surface area contributed by atoms with E-state index >= 15 is 0 Å². The fourth-order valence-electron chi connectivity index (χ4n) is 2.26. The number of aryl methyl sites for hydroxylation is 1. The standard InChI is InChI=1S/C17H24O4/c1-2-21-17(20)15(16(18)19)13-9-4-3-6-10-14-11-7-5-8-12-14/h5,7-8,11-12,15H,2-4,6,9-10,13H2,1H3,(H,18,19). The summed E-state index contributed by atoms with van der Waals surface area (Å²) in [6.45, 7) is 1.90. The molecule has 0 fully saturated rings. The largest absolute Gasteiger partial charge is 0.481 e. The van der Waals surface area contributed by atoms with Crippen LogP contribution in [0.5, 0.6) is 0 Å². The molecule has 4 heteroatoms. The van der Waals surface area contributed by atoms with Gasteiger partial charge in [-0.1, -0.05) is 49.6 Å². The third kappa shape index (κ3) is 6.93. The number of hydrogen-bond donors (Lipinski definition) is 1. The van der Waals surface area contributed by atoms with Crippen molar-refractivity contribution in [3.8, 4) is 0 Å². The van der Waals surface area contributed by atoms with Crippen molar-refractivity contribution in [2.24, 2.45) is 5.92 Å². The molecule has 21 heavy (non-hydrogen) atoms. The van der Waals surface area contributed by atoms with E-state index in [9.17, 15) is 9.59 Å². The maximum atomic E-state index is 11.5. The Balaban J connectivity index is 2.17. The summed E-state index contributed by atoms with van der Waals surface area (Å²) in [6.07, 6.45) is 5.21.